The van der Waals surface area contributed by atoms with Gasteiger partial charge in [-0.25, -0.2) is 0 Å². The van der Waals surface area contributed by atoms with Crippen molar-refractivity contribution in [3.8, 4) is 0 Å². The topological polar surface area (TPSA) is 68.2 Å². The molecule has 2 rings (SSSR count). The molecule has 0 aliphatic heterocycles. The highest BCUT2D eigenvalue weighted by Gasteiger charge is 2.32. The first-order valence-corrected chi connectivity index (χ1v) is 5.99. The van der Waals surface area contributed by atoms with Crippen LogP contribution in [-0.4, -0.2) is 29.3 Å². The van der Waals surface area contributed by atoms with Gasteiger partial charge in [-0.15, -0.1) is 5.10 Å². The van der Waals surface area contributed by atoms with E-state index in [1.165, 1.54) is 12.8 Å². The minimum atomic E-state index is 0.551. The quantitative estimate of drug-likeness (QED) is 0.786. The molecule has 1 aliphatic carbocycles. The summed E-state index contributed by atoms with van der Waals surface area (Å²) in [5.74, 6) is 1.25. The SMILES string of the molecule is CC(C)CN(c1nnc(CCN)o1)C1CC1. The lowest BCUT2D eigenvalue weighted by atomic mass is 10.2. The number of hydrogen-bond donors (Lipinski definition) is 1. The Hall–Kier alpha value is -1.10. The molecule has 5 nitrogen and oxygen atoms in total. The maximum atomic E-state index is 5.61. The van der Waals surface area contributed by atoms with Crippen molar-refractivity contribution < 1.29 is 4.42 Å². The van der Waals surface area contributed by atoms with Gasteiger partial charge in [-0.2, -0.15) is 0 Å². The summed E-state index contributed by atoms with van der Waals surface area (Å²) < 4.78 is 5.61. The van der Waals surface area contributed by atoms with Crippen LogP contribution in [0.4, 0.5) is 6.01 Å². The monoisotopic (exact) mass is 224 g/mol. The average Bonchev–Trinajstić information content (AvgIpc) is 2.96. The molecule has 1 aromatic heterocycles. The summed E-state index contributed by atoms with van der Waals surface area (Å²) in [5, 5.41) is 8.11. The summed E-state index contributed by atoms with van der Waals surface area (Å²) in [6.07, 6.45) is 3.13. The van der Waals surface area contributed by atoms with Crippen molar-refractivity contribution >= 4 is 6.01 Å². The highest BCUT2D eigenvalue weighted by atomic mass is 16.4. The van der Waals surface area contributed by atoms with Gasteiger partial charge in [0.15, 0.2) is 0 Å². The molecule has 0 aromatic carbocycles. The summed E-state index contributed by atoms with van der Waals surface area (Å²) in [7, 11) is 0. The Kier molecular flexibility index (Phi) is 3.43. The third-order valence-corrected chi connectivity index (χ3v) is 2.61. The number of nitrogens with zero attached hydrogens (tertiary/aromatic N) is 3. The van der Waals surface area contributed by atoms with E-state index in [4.69, 9.17) is 10.2 Å². The van der Waals surface area contributed by atoms with Crippen molar-refractivity contribution in [1.82, 2.24) is 10.2 Å². The normalized spacial score (nSPS) is 15.8. The molecule has 90 valence electrons. The summed E-state index contributed by atoms with van der Waals surface area (Å²) in [4.78, 5) is 2.23. The largest absolute Gasteiger partial charge is 0.408 e. The molecule has 1 fully saturated rings. The van der Waals surface area contributed by atoms with E-state index in [1.807, 2.05) is 0 Å². The molecule has 5 heteroatoms. The first-order valence-electron chi connectivity index (χ1n) is 5.99. The summed E-state index contributed by atoms with van der Waals surface area (Å²) in [5.41, 5.74) is 5.46. The lowest BCUT2D eigenvalue weighted by molar-refractivity contribution is 0.468. The fourth-order valence-corrected chi connectivity index (χ4v) is 1.75. The standard InChI is InChI=1S/C11H20N4O/c1-8(2)7-15(9-3-4-9)11-14-13-10(16-11)5-6-12/h8-9H,3-7,12H2,1-2H3. The van der Waals surface area contributed by atoms with E-state index in [9.17, 15) is 0 Å². The number of rotatable bonds is 6. The van der Waals surface area contributed by atoms with E-state index in [-0.39, 0.29) is 0 Å². The van der Waals surface area contributed by atoms with Gasteiger partial charge in [-0.05, 0) is 18.8 Å². The molecule has 0 amide bonds. The second-order valence-corrected chi connectivity index (χ2v) is 4.79. The molecular formula is C11H20N4O. The second-order valence-electron chi connectivity index (χ2n) is 4.79. The van der Waals surface area contributed by atoms with Crippen molar-refractivity contribution in [1.29, 1.82) is 0 Å². The Bertz CT molecular complexity index is 332. The van der Waals surface area contributed by atoms with E-state index in [2.05, 4.69) is 28.9 Å². The highest BCUT2D eigenvalue weighted by molar-refractivity contribution is 5.29. The van der Waals surface area contributed by atoms with Gasteiger partial charge in [0.25, 0.3) is 0 Å². The van der Waals surface area contributed by atoms with Gasteiger partial charge in [0, 0.05) is 25.6 Å². The van der Waals surface area contributed by atoms with Gasteiger partial charge in [0.1, 0.15) is 0 Å². The number of aromatic nitrogens is 2. The molecular weight excluding hydrogens is 204 g/mol. The Labute approximate surface area is 96.0 Å². The van der Waals surface area contributed by atoms with E-state index in [0.29, 0.717) is 36.8 Å². The Morgan fingerprint density at radius 3 is 2.75 bits per heavy atom. The van der Waals surface area contributed by atoms with Gasteiger partial charge >= 0.3 is 6.01 Å². The van der Waals surface area contributed by atoms with E-state index >= 15 is 0 Å². The van der Waals surface area contributed by atoms with Crippen molar-refractivity contribution in [2.45, 2.75) is 39.2 Å². The zero-order chi connectivity index (χ0) is 11.5. The minimum absolute atomic E-state index is 0.551. The number of anilines is 1. The molecule has 2 N–H and O–H groups in total. The molecule has 0 unspecified atom stereocenters. The fourth-order valence-electron chi connectivity index (χ4n) is 1.75. The van der Waals surface area contributed by atoms with Crippen molar-refractivity contribution in [3.63, 3.8) is 0 Å². The van der Waals surface area contributed by atoms with Crippen LogP contribution in [-0.2, 0) is 6.42 Å². The predicted octanol–water partition coefficient (Wildman–Crippen LogP) is 1.20. The lowest BCUT2D eigenvalue weighted by Crippen LogP contribution is -2.30. The Balaban J connectivity index is 2.05. The third kappa shape index (κ3) is 2.72. The van der Waals surface area contributed by atoms with E-state index in [1.54, 1.807) is 0 Å². The minimum Gasteiger partial charge on any atom is -0.408 e. The molecule has 0 atom stereocenters. The molecule has 0 spiro atoms. The zero-order valence-corrected chi connectivity index (χ0v) is 10.0. The van der Waals surface area contributed by atoms with Crippen LogP contribution in [0.25, 0.3) is 0 Å². The van der Waals surface area contributed by atoms with Crippen molar-refractivity contribution in [3.05, 3.63) is 5.89 Å². The van der Waals surface area contributed by atoms with Crippen LogP contribution < -0.4 is 10.6 Å². The highest BCUT2D eigenvalue weighted by Crippen LogP contribution is 2.31. The maximum absolute atomic E-state index is 5.61. The predicted molar refractivity (Wildman–Crippen MR) is 62.3 cm³/mol. The number of hydrogen-bond acceptors (Lipinski definition) is 5. The van der Waals surface area contributed by atoms with E-state index in [0.717, 1.165) is 6.54 Å². The fraction of sp³-hybridized carbons (Fsp3) is 0.818. The molecule has 1 saturated carbocycles. The van der Waals surface area contributed by atoms with Crippen molar-refractivity contribution in [2.75, 3.05) is 18.0 Å². The van der Waals surface area contributed by atoms with Gasteiger partial charge in [0.2, 0.25) is 5.89 Å². The van der Waals surface area contributed by atoms with Crippen LogP contribution in [0, 0.1) is 5.92 Å². The molecule has 1 aromatic rings. The Morgan fingerprint density at radius 1 is 1.44 bits per heavy atom. The first kappa shape index (κ1) is 11.4. The molecule has 1 aliphatic rings. The zero-order valence-electron chi connectivity index (χ0n) is 10.0. The molecule has 16 heavy (non-hydrogen) atoms. The van der Waals surface area contributed by atoms with Crippen LogP contribution in [0.3, 0.4) is 0 Å². The van der Waals surface area contributed by atoms with Crippen LogP contribution in [0.15, 0.2) is 4.42 Å². The number of nitrogens with two attached hydrogens (primary N) is 1. The first-order chi connectivity index (χ1) is 7.70. The van der Waals surface area contributed by atoms with Crippen LogP contribution >= 0.6 is 0 Å². The lowest BCUT2D eigenvalue weighted by Gasteiger charge is -2.21. The third-order valence-electron chi connectivity index (χ3n) is 2.61. The summed E-state index contributed by atoms with van der Waals surface area (Å²) in [6.45, 7) is 5.93. The summed E-state index contributed by atoms with van der Waals surface area (Å²) >= 11 is 0. The van der Waals surface area contributed by atoms with Gasteiger partial charge in [-0.1, -0.05) is 18.9 Å². The summed E-state index contributed by atoms with van der Waals surface area (Å²) in [6, 6.07) is 1.27. The Morgan fingerprint density at radius 2 is 2.19 bits per heavy atom. The molecule has 1 heterocycles. The van der Waals surface area contributed by atoms with Crippen LogP contribution in [0.5, 0.6) is 0 Å². The van der Waals surface area contributed by atoms with E-state index < -0.39 is 0 Å². The van der Waals surface area contributed by atoms with Gasteiger partial charge < -0.3 is 15.1 Å². The molecule has 0 radical (unpaired) electrons. The molecule has 0 bridgehead atoms. The second kappa shape index (κ2) is 4.82. The van der Waals surface area contributed by atoms with Crippen LogP contribution in [0.1, 0.15) is 32.6 Å². The van der Waals surface area contributed by atoms with Crippen molar-refractivity contribution in [2.24, 2.45) is 11.7 Å². The van der Waals surface area contributed by atoms with Gasteiger partial charge in [0.05, 0.1) is 0 Å². The maximum Gasteiger partial charge on any atom is 0.318 e. The average molecular weight is 224 g/mol. The smallest absolute Gasteiger partial charge is 0.318 e. The van der Waals surface area contributed by atoms with Crippen LogP contribution in [0.2, 0.25) is 0 Å². The van der Waals surface area contributed by atoms with Gasteiger partial charge in [-0.3, -0.25) is 0 Å². The molecule has 0 saturated heterocycles.